The van der Waals surface area contributed by atoms with Crippen molar-refractivity contribution in [3.63, 3.8) is 0 Å². The largest absolute Gasteiger partial charge is 0.510 e. The summed E-state index contributed by atoms with van der Waals surface area (Å²) < 4.78 is 0. The van der Waals surface area contributed by atoms with Crippen LogP contribution in [0.25, 0.3) is 11.8 Å². The molecule has 0 aliphatic heterocycles. The number of aliphatic hydroxyl groups excluding tert-OH is 2. The Kier molecular flexibility index (Phi) is 5.37. The van der Waals surface area contributed by atoms with Gasteiger partial charge in [-0.1, -0.05) is 6.07 Å². The van der Waals surface area contributed by atoms with Crippen molar-refractivity contribution in [2.75, 3.05) is 14.1 Å². The van der Waals surface area contributed by atoms with E-state index in [2.05, 4.69) is 0 Å². The number of aliphatic hydroxyl groups is 2. The van der Waals surface area contributed by atoms with Crippen LogP contribution in [-0.2, 0) is 20.8 Å². The zero-order valence-electron chi connectivity index (χ0n) is 19.0. The normalized spacial score (nSPS) is 28.6. The number of nitrogens with two attached hydrogens (primary N) is 1. The number of phenolic OH excluding ortho intramolecular Hbond substituents is 1. The minimum Gasteiger partial charge on any atom is -0.510 e. The Hall–Kier alpha value is -3.90. The van der Waals surface area contributed by atoms with E-state index < -0.39 is 57.9 Å². The van der Waals surface area contributed by atoms with Gasteiger partial charge in [0, 0.05) is 17.6 Å². The van der Waals surface area contributed by atoms with Crippen LogP contribution in [0.3, 0.4) is 0 Å². The molecule has 0 heterocycles. The topological polar surface area (TPSA) is 165 Å². The number of rotatable bonds is 3. The van der Waals surface area contributed by atoms with E-state index in [-0.39, 0.29) is 29.7 Å². The van der Waals surface area contributed by atoms with E-state index in [9.17, 15) is 29.7 Å². The highest BCUT2D eigenvalue weighted by Crippen LogP contribution is 2.56. The highest BCUT2D eigenvalue weighted by atomic mass is 16.3. The lowest BCUT2D eigenvalue weighted by Crippen LogP contribution is -2.60. The monoisotopic (exact) mass is 463 g/mol. The lowest BCUT2D eigenvalue weighted by molar-refractivity contribution is -0.139. The van der Waals surface area contributed by atoms with E-state index in [4.69, 9.17) is 11.0 Å². The SMILES string of the molecule is CN(C)[C@@H]1C(=O)C(C(N)=O)=C(O)[C@@]2(C)C(=O)C3=C(O)c4c(O)ccc(/C=C/C#N)c4C[C@H]3C[C@@H]12. The molecule has 1 aromatic rings. The van der Waals surface area contributed by atoms with Gasteiger partial charge in [0.25, 0.3) is 5.91 Å². The number of amides is 1. The van der Waals surface area contributed by atoms with Crippen molar-refractivity contribution in [2.45, 2.75) is 25.8 Å². The van der Waals surface area contributed by atoms with Gasteiger partial charge in [0.15, 0.2) is 11.6 Å². The maximum Gasteiger partial charge on any atom is 0.255 e. The van der Waals surface area contributed by atoms with Crippen LogP contribution in [0.1, 0.15) is 30.0 Å². The van der Waals surface area contributed by atoms with Crippen LogP contribution in [0.2, 0.25) is 0 Å². The molecule has 0 radical (unpaired) electrons. The smallest absolute Gasteiger partial charge is 0.255 e. The third kappa shape index (κ3) is 2.99. The molecular weight excluding hydrogens is 438 g/mol. The summed E-state index contributed by atoms with van der Waals surface area (Å²) in [5.74, 6) is -4.91. The van der Waals surface area contributed by atoms with Crippen LogP contribution < -0.4 is 5.73 Å². The van der Waals surface area contributed by atoms with Gasteiger partial charge in [-0.15, -0.1) is 0 Å². The van der Waals surface area contributed by atoms with Gasteiger partial charge in [-0.2, -0.15) is 5.26 Å². The molecule has 0 unspecified atom stereocenters. The predicted octanol–water partition coefficient (Wildman–Crippen LogP) is 1.78. The number of nitrogens with zero attached hydrogens (tertiary/aromatic N) is 2. The summed E-state index contributed by atoms with van der Waals surface area (Å²) in [5.41, 5.74) is 4.45. The number of ketones is 2. The van der Waals surface area contributed by atoms with Crippen molar-refractivity contribution in [1.29, 1.82) is 5.26 Å². The Labute approximate surface area is 196 Å². The zero-order valence-corrected chi connectivity index (χ0v) is 19.0. The van der Waals surface area contributed by atoms with Crippen LogP contribution in [0.5, 0.6) is 5.75 Å². The molecule has 1 aromatic carbocycles. The van der Waals surface area contributed by atoms with Gasteiger partial charge in [0.2, 0.25) is 0 Å². The number of primary amides is 1. The van der Waals surface area contributed by atoms with Crippen LogP contribution >= 0.6 is 0 Å². The molecule has 3 aliphatic carbocycles. The van der Waals surface area contributed by atoms with Gasteiger partial charge in [0.1, 0.15) is 22.8 Å². The summed E-state index contributed by atoms with van der Waals surface area (Å²) in [7, 11) is 3.30. The standard InChI is InChI=1S/C25H25N3O6/c1-25-14(19(28(2)3)21(31)18(23(25)33)24(27)34)10-12-9-13-11(5-4-8-26)6-7-15(29)17(13)20(30)16(12)22(25)32/h4-7,12,14,19,29-30,33H,9-10H2,1-3H3,(H2,27,34)/b5-4+/t12-,14-,19-,25+/m0/s1. The first-order chi connectivity index (χ1) is 16.0. The first kappa shape index (κ1) is 23.3. The zero-order chi connectivity index (χ0) is 25.1. The number of carbonyl (C=O) groups is 3. The Bertz CT molecular complexity index is 1280. The van der Waals surface area contributed by atoms with Gasteiger partial charge in [-0.05, 0) is 63.0 Å². The fraction of sp³-hybridized carbons (Fsp3) is 0.360. The number of nitriles is 1. The molecule has 4 rings (SSSR count). The number of fused-ring (bicyclic) bond motifs is 3. The number of carbonyl (C=O) groups excluding carboxylic acids is 3. The summed E-state index contributed by atoms with van der Waals surface area (Å²) in [5, 5.41) is 41.6. The van der Waals surface area contributed by atoms with Gasteiger partial charge in [-0.25, -0.2) is 0 Å². The molecular formula is C25H25N3O6. The molecule has 1 fully saturated rings. The van der Waals surface area contributed by atoms with Crippen molar-refractivity contribution in [3.8, 4) is 11.8 Å². The molecule has 0 aromatic heterocycles. The second-order valence-corrected chi connectivity index (χ2v) is 9.39. The van der Waals surface area contributed by atoms with E-state index in [0.29, 0.717) is 11.1 Å². The molecule has 3 aliphatic rings. The van der Waals surface area contributed by atoms with Crippen molar-refractivity contribution in [1.82, 2.24) is 4.90 Å². The first-order valence-corrected chi connectivity index (χ1v) is 10.8. The Morgan fingerprint density at radius 3 is 2.53 bits per heavy atom. The summed E-state index contributed by atoms with van der Waals surface area (Å²) in [6, 6.07) is 4.01. The minimum atomic E-state index is -1.67. The van der Waals surface area contributed by atoms with Crippen molar-refractivity contribution >= 4 is 29.3 Å². The van der Waals surface area contributed by atoms with Gasteiger partial charge < -0.3 is 21.1 Å². The molecule has 0 spiro atoms. The van der Waals surface area contributed by atoms with E-state index in [1.807, 2.05) is 6.07 Å². The number of hydrogen-bond donors (Lipinski definition) is 4. The minimum absolute atomic E-state index is 0.0326. The third-order valence-corrected chi connectivity index (χ3v) is 7.44. The van der Waals surface area contributed by atoms with E-state index in [0.717, 1.165) is 0 Å². The number of likely N-dealkylation sites (N-methyl/N-ethyl adjacent to an activating group) is 1. The molecule has 9 nitrogen and oxygen atoms in total. The van der Waals surface area contributed by atoms with Crippen LogP contribution in [-0.4, -0.2) is 57.8 Å². The van der Waals surface area contributed by atoms with E-state index in [1.165, 1.54) is 19.1 Å². The van der Waals surface area contributed by atoms with Crippen LogP contribution in [0.4, 0.5) is 0 Å². The van der Waals surface area contributed by atoms with E-state index >= 15 is 0 Å². The molecule has 4 atom stereocenters. The van der Waals surface area contributed by atoms with Crippen LogP contribution in [0.15, 0.2) is 35.1 Å². The number of aromatic hydroxyl groups is 1. The highest BCUT2D eigenvalue weighted by Gasteiger charge is 2.62. The molecule has 9 heteroatoms. The number of hydrogen-bond acceptors (Lipinski definition) is 8. The first-order valence-electron chi connectivity index (χ1n) is 10.8. The van der Waals surface area contributed by atoms with Crippen molar-refractivity contribution < 1.29 is 29.7 Å². The Balaban J connectivity index is 1.98. The molecule has 34 heavy (non-hydrogen) atoms. The third-order valence-electron chi connectivity index (χ3n) is 7.44. The summed E-state index contributed by atoms with van der Waals surface area (Å²) in [4.78, 5) is 40.8. The van der Waals surface area contributed by atoms with Gasteiger partial charge in [0.05, 0.1) is 23.1 Å². The predicted molar refractivity (Wildman–Crippen MR) is 122 cm³/mol. The van der Waals surface area contributed by atoms with Gasteiger partial charge >= 0.3 is 0 Å². The van der Waals surface area contributed by atoms with Crippen LogP contribution in [0, 0.1) is 28.6 Å². The second-order valence-electron chi connectivity index (χ2n) is 9.39. The highest BCUT2D eigenvalue weighted by molar-refractivity contribution is 6.24. The maximum atomic E-state index is 13.9. The lowest BCUT2D eigenvalue weighted by Gasteiger charge is -2.51. The van der Waals surface area contributed by atoms with Crippen molar-refractivity contribution in [2.24, 2.45) is 23.0 Å². The molecule has 0 bridgehead atoms. The molecule has 176 valence electrons. The molecule has 5 N–H and O–H groups in total. The average Bonchev–Trinajstić information content (AvgIpc) is 2.75. The number of Topliss-reactive ketones (excluding diaryl/α,β-unsaturated/α-hetero) is 2. The number of allylic oxidation sites excluding steroid dienone is 3. The summed E-state index contributed by atoms with van der Waals surface area (Å²) in [6.45, 7) is 1.46. The second kappa shape index (κ2) is 7.85. The quantitative estimate of drug-likeness (QED) is 0.389. The Morgan fingerprint density at radius 1 is 1.26 bits per heavy atom. The average molecular weight is 463 g/mol. The fourth-order valence-electron chi connectivity index (χ4n) is 5.85. The number of benzene rings is 1. The van der Waals surface area contributed by atoms with E-state index in [1.54, 1.807) is 31.1 Å². The fourth-order valence-corrected chi connectivity index (χ4v) is 5.85. The number of phenols is 1. The molecule has 0 saturated heterocycles. The Morgan fingerprint density at radius 2 is 1.94 bits per heavy atom. The summed E-state index contributed by atoms with van der Waals surface area (Å²) >= 11 is 0. The van der Waals surface area contributed by atoms with Gasteiger partial charge in [-0.3, -0.25) is 19.3 Å². The summed E-state index contributed by atoms with van der Waals surface area (Å²) in [6.07, 6.45) is 3.37. The van der Waals surface area contributed by atoms with Crippen molar-refractivity contribution in [3.05, 3.63) is 51.8 Å². The lowest BCUT2D eigenvalue weighted by atomic mass is 9.53. The molecule has 1 saturated carbocycles. The molecule has 1 amide bonds. The maximum absolute atomic E-state index is 13.9.